The summed E-state index contributed by atoms with van der Waals surface area (Å²) in [5.41, 5.74) is 1.82. The number of rotatable bonds is 1. The molecule has 16 heavy (non-hydrogen) atoms. The van der Waals surface area contributed by atoms with E-state index in [0.717, 1.165) is 24.7 Å². The average molecular weight is 237 g/mol. The first-order valence-corrected chi connectivity index (χ1v) is 6.38. The summed E-state index contributed by atoms with van der Waals surface area (Å²) >= 11 is 5.94. The SMILES string of the molecule is Clc1ccc(C2NCCC23CCNC3)cc1. The van der Waals surface area contributed by atoms with Crippen LogP contribution in [0.4, 0.5) is 0 Å². The van der Waals surface area contributed by atoms with E-state index in [9.17, 15) is 0 Å². The molecule has 2 heterocycles. The van der Waals surface area contributed by atoms with Crippen molar-refractivity contribution in [2.45, 2.75) is 18.9 Å². The van der Waals surface area contributed by atoms with E-state index >= 15 is 0 Å². The Morgan fingerprint density at radius 2 is 1.88 bits per heavy atom. The summed E-state index contributed by atoms with van der Waals surface area (Å²) in [5, 5.41) is 7.96. The fourth-order valence-electron chi connectivity index (χ4n) is 3.18. The molecule has 2 unspecified atom stereocenters. The molecular weight excluding hydrogens is 220 g/mol. The van der Waals surface area contributed by atoms with Gasteiger partial charge in [0.25, 0.3) is 0 Å². The van der Waals surface area contributed by atoms with Crippen LogP contribution < -0.4 is 10.6 Å². The van der Waals surface area contributed by atoms with Crippen LogP contribution in [-0.2, 0) is 0 Å². The molecule has 0 aliphatic carbocycles. The Balaban J connectivity index is 1.91. The Hall–Kier alpha value is -0.570. The molecular formula is C13H17ClN2. The summed E-state index contributed by atoms with van der Waals surface area (Å²) in [4.78, 5) is 0. The number of benzene rings is 1. The fraction of sp³-hybridized carbons (Fsp3) is 0.538. The first-order chi connectivity index (χ1) is 7.80. The molecule has 0 saturated carbocycles. The molecule has 1 aromatic rings. The van der Waals surface area contributed by atoms with Crippen LogP contribution in [0.1, 0.15) is 24.4 Å². The molecule has 2 aliphatic rings. The van der Waals surface area contributed by atoms with Crippen molar-refractivity contribution in [3.05, 3.63) is 34.9 Å². The third-order valence-corrected chi connectivity index (χ3v) is 4.32. The lowest BCUT2D eigenvalue weighted by Crippen LogP contribution is -2.31. The molecule has 0 amide bonds. The topological polar surface area (TPSA) is 24.1 Å². The van der Waals surface area contributed by atoms with E-state index in [1.165, 1.54) is 18.4 Å². The van der Waals surface area contributed by atoms with Gasteiger partial charge in [0.05, 0.1) is 0 Å². The average Bonchev–Trinajstić information content (AvgIpc) is 2.91. The van der Waals surface area contributed by atoms with Crippen molar-refractivity contribution >= 4 is 11.6 Å². The predicted molar refractivity (Wildman–Crippen MR) is 66.7 cm³/mol. The highest BCUT2D eigenvalue weighted by atomic mass is 35.5. The molecule has 2 N–H and O–H groups in total. The summed E-state index contributed by atoms with van der Waals surface area (Å²) in [6, 6.07) is 8.80. The van der Waals surface area contributed by atoms with E-state index in [4.69, 9.17) is 11.6 Å². The van der Waals surface area contributed by atoms with E-state index in [-0.39, 0.29) is 0 Å². The quantitative estimate of drug-likeness (QED) is 0.782. The maximum absolute atomic E-state index is 5.94. The van der Waals surface area contributed by atoms with Gasteiger partial charge in [-0.15, -0.1) is 0 Å². The first kappa shape index (κ1) is 10.6. The van der Waals surface area contributed by atoms with Gasteiger partial charge in [-0.05, 0) is 43.6 Å². The zero-order chi connectivity index (χ0) is 11.0. The molecule has 2 saturated heterocycles. The monoisotopic (exact) mass is 236 g/mol. The maximum atomic E-state index is 5.94. The Bertz CT molecular complexity index is 363. The van der Waals surface area contributed by atoms with Gasteiger partial charge >= 0.3 is 0 Å². The molecule has 3 heteroatoms. The van der Waals surface area contributed by atoms with Gasteiger partial charge in [-0.25, -0.2) is 0 Å². The zero-order valence-electron chi connectivity index (χ0n) is 9.30. The molecule has 2 nitrogen and oxygen atoms in total. The summed E-state index contributed by atoms with van der Waals surface area (Å²) in [6.45, 7) is 3.44. The Kier molecular flexibility index (Phi) is 2.66. The van der Waals surface area contributed by atoms with E-state index < -0.39 is 0 Å². The van der Waals surface area contributed by atoms with Crippen LogP contribution in [0.3, 0.4) is 0 Å². The molecule has 2 atom stereocenters. The minimum atomic E-state index is 0.438. The fourth-order valence-corrected chi connectivity index (χ4v) is 3.30. The van der Waals surface area contributed by atoms with Crippen LogP contribution in [0.15, 0.2) is 24.3 Å². The summed E-state index contributed by atoms with van der Waals surface area (Å²) in [6.07, 6.45) is 2.57. The molecule has 0 aromatic heterocycles. The van der Waals surface area contributed by atoms with Gasteiger partial charge in [-0.2, -0.15) is 0 Å². The normalized spacial score (nSPS) is 33.7. The van der Waals surface area contributed by atoms with Crippen LogP contribution in [0.5, 0.6) is 0 Å². The van der Waals surface area contributed by atoms with Gasteiger partial charge in [0.15, 0.2) is 0 Å². The first-order valence-electron chi connectivity index (χ1n) is 6.00. The second kappa shape index (κ2) is 4.02. The Morgan fingerprint density at radius 1 is 1.12 bits per heavy atom. The molecule has 1 aromatic carbocycles. The van der Waals surface area contributed by atoms with Crippen LogP contribution in [0.25, 0.3) is 0 Å². The van der Waals surface area contributed by atoms with Gasteiger partial charge < -0.3 is 10.6 Å². The van der Waals surface area contributed by atoms with Crippen LogP contribution in [-0.4, -0.2) is 19.6 Å². The van der Waals surface area contributed by atoms with Crippen molar-refractivity contribution in [3.63, 3.8) is 0 Å². The maximum Gasteiger partial charge on any atom is 0.0406 e. The van der Waals surface area contributed by atoms with Gasteiger partial charge in [0.1, 0.15) is 0 Å². The number of hydrogen-bond acceptors (Lipinski definition) is 2. The molecule has 2 aliphatic heterocycles. The third kappa shape index (κ3) is 1.65. The van der Waals surface area contributed by atoms with Crippen molar-refractivity contribution < 1.29 is 0 Å². The minimum Gasteiger partial charge on any atom is -0.316 e. The molecule has 86 valence electrons. The summed E-state index contributed by atoms with van der Waals surface area (Å²) in [7, 11) is 0. The van der Waals surface area contributed by atoms with Crippen molar-refractivity contribution in [2.24, 2.45) is 5.41 Å². The highest BCUT2D eigenvalue weighted by Crippen LogP contribution is 2.45. The zero-order valence-corrected chi connectivity index (χ0v) is 10.1. The van der Waals surface area contributed by atoms with Crippen LogP contribution in [0.2, 0.25) is 5.02 Å². The minimum absolute atomic E-state index is 0.438. The molecule has 1 spiro atoms. The highest BCUT2D eigenvalue weighted by molar-refractivity contribution is 6.30. The Labute approximate surface area is 101 Å². The molecule has 3 rings (SSSR count). The van der Waals surface area contributed by atoms with Gasteiger partial charge in [-0.3, -0.25) is 0 Å². The van der Waals surface area contributed by atoms with Gasteiger partial charge in [0.2, 0.25) is 0 Å². The summed E-state index contributed by atoms with van der Waals surface area (Å²) in [5.74, 6) is 0. The summed E-state index contributed by atoms with van der Waals surface area (Å²) < 4.78 is 0. The number of hydrogen-bond donors (Lipinski definition) is 2. The van der Waals surface area contributed by atoms with E-state index in [2.05, 4.69) is 22.8 Å². The predicted octanol–water partition coefficient (Wildman–Crippen LogP) is 2.35. The van der Waals surface area contributed by atoms with Crippen LogP contribution >= 0.6 is 11.6 Å². The standard InChI is InChI=1S/C13H17ClN2/c14-11-3-1-10(2-4-11)12-13(6-8-16-12)5-7-15-9-13/h1-4,12,15-16H,5-9H2. The van der Waals surface area contributed by atoms with E-state index in [1.807, 2.05) is 12.1 Å². The van der Waals surface area contributed by atoms with Gasteiger partial charge in [-0.1, -0.05) is 23.7 Å². The largest absolute Gasteiger partial charge is 0.316 e. The number of halogens is 1. The second-order valence-electron chi connectivity index (χ2n) is 4.98. The third-order valence-electron chi connectivity index (χ3n) is 4.06. The van der Waals surface area contributed by atoms with Crippen molar-refractivity contribution in [1.82, 2.24) is 10.6 Å². The molecule has 0 bridgehead atoms. The highest BCUT2D eigenvalue weighted by Gasteiger charge is 2.45. The lowest BCUT2D eigenvalue weighted by molar-refractivity contribution is 0.282. The smallest absolute Gasteiger partial charge is 0.0406 e. The lowest BCUT2D eigenvalue weighted by atomic mass is 9.77. The molecule has 0 radical (unpaired) electrons. The van der Waals surface area contributed by atoms with Crippen molar-refractivity contribution in [3.8, 4) is 0 Å². The lowest BCUT2D eigenvalue weighted by Gasteiger charge is -2.30. The molecule has 2 fully saturated rings. The van der Waals surface area contributed by atoms with Crippen molar-refractivity contribution in [2.75, 3.05) is 19.6 Å². The van der Waals surface area contributed by atoms with Crippen molar-refractivity contribution in [1.29, 1.82) is 0 Å². The van der Waals surface area contributed by atoms with E-state index in [0.29, 0.717) is 11.5 Å². The van der Waals surface area contributed by atoms with Gasteiger partial charge in [0, 0.05) is 23.0 Å². The Morgan fingerprint density at radius 3 is 2.56 bits per heavy atom. The number of nitrogens with one attached hydrogen (secondary N) is 2. The second-order valence-corrected chi connectivity index (χ2v) is 5.41. The van der Waals surface area contributed by atoms with Crippen LogP contribution in [0, 0.1) is 5.41 Å². The van der Waals surface area contributed by atoms with E-state index in [1.54, 1.807) is 0 Å².